The molecular weight excluding hydrogens is 338 g/mol. The topological polar surface area (TPSA) is 55.8 Å². The Hall–Kier alpha value is -1.56. The summed E-state index contributed by atoms with van der Waals surface area (Å²) in [6, 6.07) is 6.79. The largest absolute Gasteiger partial charge is 0.484 e. The van der Waals surface area contributed by atoms with E-state index in [2.05, 4.69) is 15.9 Å². The summed E-state index contributed by atoms with van der Waals surface area (Å²) in [6.07, 6.45) is 1.47. The Labute approximate surface area is 132 Å². The van der Waals surface area contributed by atoms with Gasteiger partial charge in [-0.25, -0.2) is 4.79 Å². The third-order valence-electron chi connectivity index (χ3n) is 3.31. The van der Waals surface area contributed by atoms with Gasteiger partial charge in [0, 0.05) is 11.0 Å². The van der Waals surface area contributed by atoms with E-state index in [4.69, 9.17) is 9.47 Å². The van der Waals surface area contributed by atoms with Crippen LogP contribution in [0, 0.1) is 0 Å². The van der Waals surface area contributed by atoms with Crippen LogP contribution in [0.4, 0.5) is 0 Å². The second kappa shape index (κ2) is 7.45. The fourth-order valence-electron chi connectivity index (χ4n) is 2.31. The third-order valence-corrected chi connectivity index (χ3v) is 3.84. The molecule has 0 spiro atoms. The van der Waals surface area contributed by atoms with Gasteiger partial charge in [0.05, 0.1) is 6.61 Å². The predicted molar refractivity (Wildman–Crippen MR) is 81.0 cm³/mol. The first-order valence-electron chi connectivity index (χ1n) is 6.96. The van der Waals surface area contributed by atoms with Gasteiger partial charge >= 0.3 is 5.97 Å². The highest BCUT2D eigenvalue weighted by Crippen LogP contribution is 2.20. The second-order valence-electron chi connectivity index (χ2n) is 4.74. The lowest BCUT2D eigenvalue weighted by atomic mass is 10.2. The summed E-state index contributed by atoms with van der Waals surface area (Å²) in [4.78, 5) is 25.6. The summed E-state index contributed by atoms with van der Waals surface area (Å²) in [5.41, 5.74) is 0. The van der Waals surface area contributed by atoms with Gasteiger partial charge in [-0.05, 0) is 44.0 Å². The number of hydrogen-bond donors (Lipinski definition) is 0. The zero-order valence-corrected chi connectivity index (χ0v) is 13.5. The highest BCUT2D eigenvalue weighted by Gasteiger charge is 2.35. The number of ether oxygens (including phenoxy) is 2. The lowest BCUT2D eigenvalue weighted by Gasteiger charge is -2.23. The predicted octanol–water partition coefficient (Wildman–Crippen LogP) is 2.38. The molecule has 1 aromatic carbocycles. The van der Waals surface area contributed by atoms with Crippen molar-refractivity contribution in [3.8, 4) is 5.75 Å². The molecule has 1 aromatic rings. The molecule has 0 radical (unpaired) electrons. The van der Waals surface area contributed by atoms with Gasteiger partial charge in [-0.1, -0.05) is 15.9 Å². The lowest BCUT2D eigenvalue weighted by molar-refractivity contribution is -0.153. The van der Waals surface area contributed by atoms with E-state index in [1.165, 1.54) is 0 Å². The van der Waals surface area contributed by atoms with Crippen molar-refractivity contribution in [3.05, 3.63) is 28.7 Å². The standard InChI is InChI=1S/C15H18BrNO4/c1-2-20-15(19)13-4-3-9-17(13)14(18)10-21-12-7-5-11(16)6-8-12/h5-8,13H,2-4,9-10H2,1H3. The van der Waals surface area contributed by atoms with Crippen LogP contribution in [-0.4, -0.2) is 42.6 Å². The molecule has 1 unspecified atom stereocenters. The van der Waals surface area contributed by atoms with Gasteiger partial charge in [-0.2, -0.15) is 0 Å². The van der Waals surface area contributed by atoms with Gasteiger partial charge in [-0.3, -0.25) is 4.79 Å². The van der Waals surface area contributed by atoms with E-state index in [1.807, 2.05) is 12.1 Å². The van der Waals surface area contributed by atoms with Crippen molar-refractivity contribution in [2.45, 2.75) is 25.8 Å². The van der Waals surface area contributed by atoms with E-state index in [9.17, 15) is 9.59 Å². The fraction of sp³-hybridized carbons (Fsp3) is 0.467. The Morgan fingerprint density at radius 3 is 2.71 bits per heavy atom. The number of amides is 1. The third kappa shape index (κ3) is 4.20. The summed E-state index contributed by atoms with van der Waals surface area (Å²) in [5, 5.41) is 0. The summed E-state index contributed by atoms with van der Waals surface area (Å²) >= 11 is 3.34. The number of halogens is 1. The first-order chi connectivity index (χ1) is 10.1. The molecule has 0 bridgehead atoms. The molecule has 1 fully saturated rings. The zero-order valence-electron chi connectivity index (χ0n) is 11.9. The number of carbonyl (C=O) groups excluding carboxylic acids is 2. The molecule has 1 aliphatic heterocycles. The molecule has 0 aromatic heterocycles. The first-order valence-corrected chi connectivity index (χ1v) is 7.75. The molecular formula is C15H18BrNO4. The zero-order chi connectivity index (χ0) is 15.2. The van der Waals surface area contributed by atoms with E-state index < -0.39 is 6.04 Å². The van der Waals surface area contributed by atoms with E-state index >= 15 is 0 Å². The summed E-state index contributed by atoms with van der Waals surface area (Å²) in [6.45, 7) is 2.59. The smallest absolute Gasteiger partial charge is 0.328 e. The van der Waals surface area contributed by atoms with Gasteiger partial charge < -0.3 is 14.4 Å². The van der Waals surface area contributed by atoms with Gasteiger partial charge in [0.15, 0.2) is 6.61 Å². The average Bonchev–Trinajstić information content (AvgIpc) is 2.96. The quantitative estimate of drug-likeness (QED) is 0.761. The molecule has 1 heterocycles. The SMILES string of the molecule is CCOC(=O)C1CCCN1C(=O)COc1ccc(Br)cc1. The van der Waals surface area contributed by atoms with Crippen LogP contribution in [0.5, 0.6) is 5.75 Å². The molecule has 21 heavy (non-hydrogen) atoms. The van der Waals surface area contributed by atoms with Crippen LogP contribution in [0.2, 0.25) is 0 Å². The van der Waals surface area contributed by atoms with Crippen LogP contribution in [0.15, 0.2) is 28.7 Å². The first kappa shape index (κ1) is 15.8. The maximum Gasteiger partial charge on any atom is 0.328 e. The molecule has 5 nitrogen and oxygen atoms in total. The van der Waals surface area contributed by atoms with Crippen LogP contribution in [0.3, 0.4) is 0 Å². The van der Waals surface area contributed by atoms with Crippen molar-refractivity contribution in [1.82, 2.24) is 4.90 Å². The monoisotopic (exact) mass is 355 g/mol. The van der Waals surface area contributed by atoms with Crippen LogP contribution in [0.25, 0.3) is 0 Å². The number of benzene rings is 1. The molecule has 2 rings (SSSR count). The van der Waals surface area contributed by atoms with Crippen molar-refractivity contribution >= 4 is 27.8 Å². The van der Waals surface area contributed by atoms with Crippen molar-refractivity contribution < 1.29 is 19.1 Å². The fourth-order valence-corrected chi connectivity index (χ4v) is 2.57. The number of esters is 1. The Balaban J connectivity index is 1.90. The highest BCUT2D eigenvalue weighted by atomic mass is 79.9. The summed E-state index contributed by atoms with van der Waals surface area (Å²) < 4.78 is 11.4. The minimum Gasteiger partial charge on any atom is -0.484 e. The number of carbonyl (C=O) groups is 2. The average molecular weight is 356 g/mol. The van der Waals surface area contributed by atoms with Crippen molar-refractivity contribution in [2.24, 2.45) is 0 Å². The van der Waals surface area contributed by atoms with Gasteiger partial charge in [0.1, 0.15) is 11.8 Å². The highest BCUT2D eigenvalue weighted by molar-refractivity contribution is 9.10. The van der Waals surface area contributed by atoms with Crippen molar-refractivity contribution in [1.29, 1.82) is 0 Å². The summed E-state index contributed by atoms with van der Waals surface area (Å²) in [5.74, 6) is 0.110. The number of hydrogen-bond acceptors (Lipinski definition) is 4. The van der Waals surface area contributed by atoms with Gasteiger partial charge in [-0.15, -0.1) is 0 Å². The maximum atomic E-state index is 12.2. The van der Waals surface area contributed by atoms with E-state index in [-0.39, 0.29) is 18.5 Å². The summed E-state index contributed by atoms with van der Waals surface area (Å²) in [7, 11) is 0. The normalized spacial score (nSPS) is 17.6. The minimum atomic E-state index is -0.467. The maximum absolute atomic E-state index is 12.2. The van der Waals surface area contributed by atoms with Crippen molar-refractivity contribution in [3.63, 3.8) is 0 Å². The molecule has 0 aliphatic carbocycles. The van der Waals surface area contributed by atoms with E-state index in [0.717, 1.165) is 10.9 Å². The number of likely N-dealkylation sites (tertiary alicyclic amines) is 1. The van der Waals surface area contributed by atoms with Gasteiger partial charge in [0.25, 0.3) is 5.91 Å². The second-order valence-corrected chi connectivity index (χ2v) is 5.66. The Morgan fingerprint density at radius 2 is 2.05 bits per heavy atom. The molecule has 0 N–H and O–H groups in total. The van der Waals surface area contributed by atoms with E-state index in [1.54, 1.807) is 24.0 Å². The van der Waals surface area contributed by atoms with Crippen LogP contribution in [0.1, 0.15) is 19.8 Å². The number of rotatable bonds is 5. The van der Waals surface area contributed by atoms with E-state index in [0.29, 0.717) is 25.3 Å². The molecule has 1 amide bonds. The van der Waals surface area contributed by atoms with Crippen LogP contribution < -0.4 is 4.74 Å². The Kier molecular flexibility index (Phi) is 5.61. The van der Waals surface area contributed by atoms with Gasteiger partial charge in [0.2, 0.25) is 0 Å². The molecule has 1 aliphatic rings. The molecule has 1 atom stereocenters. The number of nitrogens with zero attached hydrogens (tertiary/aromatic N) is 1. The molecule has 114 valence electrons. The Morgan fingerprint density at radius 1 is 1.33 bits per heavy atom. The Bertz CT molecular complexity index is 503. The van der Waals surface area contributed by atoms with Crippen LogP contribution in [-0.2, 0) is 14.3 Å². The molecule has 6 heteroatoms. The molecule has 0 saturated carbocycles. The van der Waals surface area contributed by atoms with Crippen molar-refractivity contribution in [2.75, 3.05) is 19.8 Å². The minimum absolute atomic E-state index is 0.0719. The molecule has 1 saturated heterocycles. The lowest BCUT2D eigenvalue weighted by Crippen LogP contribution is -2.43. The van der Waals surface area contributed by atoms with Crippen LogP contribution >= 0.6 is 15.9 Å².